The molecule has 2 aromatic heterocycles. The van der Waals surface area contributed by atoms with Gasteiger partial charge in [-0.15, -0.1) is 0 Å². The van der Waals surface area contributed by atoms with Gasteiger partial charge < -0.3 is 9.32 Å². The molecule has 0 aromatic carbocycles. The van der Waals surface area contributed by atoms with E-state index in [0.717, 1.165) is 6.42 Å². The lowest BCUT2D eigenvalue weighted by atomic mass is 10.2. The fourth-order valence-electron chi connectivity index (χ4n) is 1.75. The number of nitrogens with zero attached hydrogens (tertiary/aromatic N) is 2. The Hall–Kier alpha value is -2.30. The van der Waals surface area contributed by atoms with E-state index in [1.54, 1.807) is 29.4 Å². The molecule has 1 N–H and O–H groups in total. The van der Waals surface area contributed by atoms with Gasteiger partial charge in [-0.25, -0.2) is 4.79 Å². The fourth-order valence-corrected chi connectivity index (χ4v) is 1.75. The van der Waals surface area contributed by atoms with E-state index in [2.05, 4.69) is 10.3 Å². The van der Waals surface area contributed by atoms with Crippen molar-refractivity contribution in [2.45, 2.75) is 13.3 Å². The maximum Gasteiger partial charge on any atom is 0.324 e. The molecule has 0 aliphatic heterocycles. The van der Waals surface area contributed by atoms with Gasteiger partial charge in [0.15, 0.2) is 0 Å². The number of pyridine rings is 1. The van der Waals surface area contributed by atoms with Crippen molar-refractivity contribution in [3.63, 3.8) is 0 Å². The summed E-state index contributed by atoms with van der Waals surface area (Å²) in [5, 5.41) is 2.72. The molecule has 0 aliphatic rings. The van der Waals surface area contributed by atoms with E-state index < -0.39 is 0 Å². The molecule has 0 fully saturated rings. The number of amides is 2. The Morgan fingerprint density at radius 1 is 1.37 bits per heavy atom. The van der Waals surface area contributed by atoms with Crippen LogP contribution in [0.4, 0.5) is 10.7 Å². The Morgan fingerprint density at radius 2 is 2.16 bits per heavy atom. The lowest BCUT2D eigenvalue weighted by molar-refractivity contribution is 0.214. The molecule has 19 heavy (non-hydrogen) atoms. The number of aromatic nitrogens is 1. The first-order chi connectivity index (χ1) is 9.29. The second-order valence-electron chi connectivity index (χ2n) is 4.09. The third-order valence-corrected chi connectivity index (χ3v) is 2.84. The molecule has 0 aliphatic carbocycles. The molecule has 2 amide bonds. The molecule has 0 saturated heterocycles. The number of likely N-dealkylation sites (N-methyl/N-ethyl adjacent to an activating group) is 1. The molecular formula is C14H17N3O2. The van der Waals surface area contributed by atoms with Gasteiger partial charge in [0.1, 0.15) is 0 Å². The third-order valence-electron chi connectivity index (χ3n) is 2.84. The molecule has 0 atom stereocenters. The Morgan fingerprint density at radius 3 is 2.79 bits per heavy atom. The lowest BCUT2D eigenvalue weighted by Crippen LogP contribution is -2.36. The van der Waals surface area contributed by atoms with Gasteiger partial charge >= 0.3 is 6.03 Å². The van der Waals surface area contributed by atoms with Crippen molar-refractivity contribution in [2.75, 3.05) is 18.4 Å². The van der Waals surface area contributed by atoms with Crippen LogP contribution in [0.15, 0.2) is 47.3 Å². The van der Waals surface area contributed by atoms with Gasteiger partial charge in [0.05, 0.1) is 6.26 Å². The first kappa shape index (κ1) is 13.1. The van der Waals surface area contributed by atoms with E-state index in [1.165, 1.54) is 11.8 Å². The summed E-state index contributed by atoms with van der Waals surface area (Å²) in [6, 6.07) is 7.22. The maximum absolute atomic E-state index is 12.0. The highest BCUT2D eigenvalue weighted by atomic mass is 16.3. The number of rotatable bonds is 5. The highest BCUT2D eigenvalue weighted by molar-refractivity contribution is 5.87. The number of furan rings is 1. The number of anilines is 1. The number of carbonyl (C=O) groups excluding carboxylic acids is 1. The van der Waals surface area contributed by atoms with Crippen LogP contribution in [-0.4, -0.2) is 29.0 Å². The van der Waals surface area contributed by atoms with Crippen LogP contribution in [0.5, 0.6) is 0 Å². The molecular weight excluding hydrogens is 242 g/mol. The molecule has 5 heteroatoms. The SMILES string of the molecule is CCN(CCc1ccncc1)C(=O)Nc1ccco1. The van der Waals surface area contributed by atoms with Crippen LogP contribution >= 0.6 is 0 Å². The van der Waals surface area contributed by atoms with Crippen molar-refractivity contribution in [3.8, 4) is 0 Å². The molecule has 0 unspecified atom stereocenters. The zero-order chi connectivity index (χ0) is 13.5. The van der Waals surface area contributed by atoms with Gasteiger partial charge in [0.25, 0.3) is 0 Å². The predicted octanol–water partition coefficient (Wildman–Crippen LogP) is 2.77. The standard InChI is InChI=1S/C14H17N3O2/c1-2-17(10-7-12-5-8-15-9-6-12)14(18)16-13-4-3-11-19-13/h3-6,8-9,11H,2,7,10H2,1H3,(H,16,18). The topological polar surface area (TPSA) is 58.4 Å². The van der Waals surface area contributed by atoms with Crippen molar-refractivity contribution < 1.29 is 9.21 Å². The van der Waals surface area contributed by atoms with Gasteiger partial charge in [0, 0.05) is 31.5 Å². The summed E-state index contributed by atoms with van der Waals surface area (Å²) in [6.07, 6.45) is 5.86. The number of hydrogen-bond acceptors (Lipinski definition) is 3. The van der Waals surface area contributed by atoms with Crippen LogP contribution in [0, 0.1) is 0 Å². The van der Waals surface area contributed by atoms with Crippen LogP contribution < -0.4 is 5.32 Å². The molecule has 2 rings (SSSR count). The molecule has 100 valence electrons. The summed E-state index contributed by atoms with van der Waals surface area (Å²) in [5.74, 6) is 0.465. The van der Waals surface area contributed by atoms with E-state index in [-0.39, 0.29) is 6.03 Å². The minimum Gasteiger partial charge on any atom is -0.449 e. The number of carbonyl (C=O) groups is 1. The van der Waals surface area contributed by atoms with Crippen molar-refractivity contribution in [1.29, 1.82) is 0 Å². The molecule has 0 radical (unpaired) electrons. The van der Waals surface area contributed by atoms with Gasteiger partial charge in [0.2, 0.25) is 5.88 Å². The predicted molar refractivity (Wildman–Crippen MR) is 72.9 cm³/mol. The number of urea groups is 1. The first-order valence-corrected chi connectivity index (χ1v) is 6.28. The monoisotopic (exact) mass is 259 g/mol. The number of nitrogens with one attached hydrogen (secondary N) is 1. The minimum absolute atomic E-state index is 0.147. The summed E-state index contributed by atoms with van der Waals surface area (Å²) in [5.41, 5.74) is 1.17. The van der Waals surface area contributed by atoms with Gasteiger partial charge in [-0.1, -0.05) is 0 Å². The smallest absolute Gasteiger partial charge is 0.324 e. The molecule has 0 bridgehead atoms. The van der Waals surface area contributed by atoms with Crippen molar-refractivity contribution in [3.05, 3.63) is 48.5 Å². The molecule has 0 spiro atoms. The van der Waals surface area contributed by atoms with Gasteiger partial charge in [-0.2, -0.15) is 0 Å². The Bertz CT molecular complexity index is 497. The summed E-state index contributed by atoms with van der Waals surface area (Å²) >= 11 is 0. The second kappa shape index (κ2) is 6.58. The van der Waals surface area contributed by atoms with E-state index >= 15 is 0 Å². The highest BCUT2D eigenvalue weighted by Gasteiger charge is 2.12. The lowest BCUT2D eigenvalue weighted by Gasteiger charge is -2.20. The van der Waals surface area contributed by atoms with Crippen molar-refractivity contribution in [2.24, 2.45) is 0 Å². The highest BCUT2D eigenvalue weighted by Crippen LogP contribution is 2.08. The third kappa shape index (κ3) is 3.84. The summed E-state index contributed by atoms with van der Waals surface area (Å²) < 4.78 is 5.09. The largest absolute Gasteiger partial charge is 0.449 e. The van der Waals surface area contributed by atoms with Gasteiger partial charge in [-0.3, -0.25) is 10.3 Å². The van der Waals surface area contributed by atoms with Gasteiger partial charge in [-0.05, 0) is 37.1 Å². The Balaban J connectivity index is 1.87. The average molecular weight is 259 g/mol. The normalized spacial score (nSPS) is 10.2. The van der Waals surface area contributed by atoms with Crippen molar-refractivity contribution in [1.82, 2.24) is 9.88 Å². The van der Waals surface area contributed by atoms with E-state index in [0.29, 0.717) is 19.0 Å². The van der Waals surface area contributed by atoms with Crippen LogP contribution in [0.3, 0.4) is 0 Å². The summed E-state index contributed by atoms with van der Waals surface area (Å²) in [4.78, 5) is 17.7. The summed E-state index contributed by atoms with van der Waals surface area (Å²) in [7, 11) is 0. The number of hydrogen-bond donors (Lipinski definition) is 1. The van der Waals surface area contributed by atoms with Crippen molar-refractivity contribution >= 4 is 11.9 Å². The maximum atomic E-state index is 12.0. The Kier molecular flexibility index (Phi) is 4.55. The van der Waals surface area contributed by atoms with E-state index in [4.69, 9.17) is 4.42 Å². The minimum atomic E-state index is -0.147. The van der Waals surface area contributed by atoms with Crippen LogP contribution in [0.1, 0.15) is 12.5 Å². The van der Waals surface area contributed by atoms with Crippen LogP contribution in [-0.2, 0) is 6.42 Å². The van der Waals surface area contributed by atoms with E-state index in [1.807, 2.05) is 19.1 Å². The van der Waals surface area contributed by atoms with Crippen LogP contribution in [0.2, 0.25) is 0 Å². The molecule has 5 nitrogen and oxygen atoms in total. The zero-order valence-corrected chi connectivity index (χ0v) is 10.9. The Labute approximate surface area is 112 Å². The zero-order valence-electron chi connectivity index (χ0n) is 10.9. The first-order valence-electron chi connectivity index (χ1n) is 6.28. The summed E-state index contributed by atoms with van der Waals surface area (Å²) in [6.45, 7) is 3.26. The molecule has 2 aromatic rings. The fraction of sp³-hybridized carbons (Fsp3) is 0.286. The second-order valence-corrected chi connectivity index (χ2v) is 4.09. The molecule has 0 saturated carbocycles. The average Bonchev–Trinajstić information content (AvgIpc) is 2.93. The van der Waals surface area contributed by atoms with E-state index in [9.17, 15) is 4.79 Å². The molecule has 2 heterocycles. The quantitative estimate of drug-likeness (QED) is 0.898. The van der Waals surface area contributed by atoms with Crippen LogP contribution in [0.25, 0.3) is 0 Å².